The van der Waals surface area contributed by atoms with Crippen LogP contribution in [-0.4, -0.2) is 39.5 Å². The van der Waals surface area contributed by atoms with E-state index in [9.17, 15) is 19.6 Å². The summed E-state index contributed by atoms with van der Waals surface area (Å²) in [5.41, 5.74) is 1.84. The zero-order valence-corrected chi connectivity index (χ0v) is 21.7. The van der Waals surface area contributed by atoms with Crippen molar-refractivity contribution < 1.29 is 19.1 Å². The smallest absolute Gasteiger partial charge is 0.358 e. The molecule has 38 heavy (non-hydrogen) atoms. The molecule has 1 amide bonds. The third-order valence-corrected chi connectivity index (χ3v) is 6.12. The van der Waals surface area contributed by atoms with Gasteiger partial charge in [-0.15, -0.1) is 0 Å². The lowest BCUT2D eigenvalue weighted by atomic mass is 10.00. The van der Waals surface area contributed by atoms with Crippen molar-refractivity contribution >= 4 is 34.8 Å². The molecule has 4 aromatic rings. The van der Waals surface area contributed by atoms with Gasteiger partial charge in [0.25, 0.3) is 5.56 Å². The van der Waals surface area contributed by atoms with Gasteiger partial charge in [-0.1, -0.05) is 18.5 Å². The summed E-state index contributed by atoms with van der Waals surface area (Å²) >= 11 is 6.13. The highest BCUT2D eigenvalue weighted by Crippen LogP contribution is 2.33. The number of ether oxygens (including phenoxy) is 2. The molecule has 0 spiro atoms. The van der Waals surface area contributed by atoms with E-state index >= 15 is 0 Å². The minimum absolute atomic E-state index is 0.153. The number of nitriles is 1. The molecule has 0 bridgehead atoms. The molecular formula is C27H24ClN5O5. The van der Waals surface area contributed by atoms with E-state index in [-0.39, 0.29) is 12.3 Å². The normalized spacial score (nSPS) is 11.6. The Morgan fingerprint density at radius 1 is 1.13 bits per heavy atom. The number of esters is 1. The fraction of sp³-hybridized carbons (Fsp3) is 0.222. The van der Waals surface area contributed by atoms with E-state index in [4.69, 9.17) is 21.1 Å². The summed E-state index contributed by atoms with van der Waals surface area (Å²) in [6.07, 6.45) is 4.90. The van der Waals surface area contributed by atoms with Crippen LogP contribution in [0.15, 0.2) is 59.8 Å². The highest BCUT2D eigenvalue weighted by Gasteiger charge is 2.23. The third kappa shape index (κ3) is 5.23. The summed E-state index contributed by atoms with van der Waals surface area (Å²) in [5.74, 6) is -0.653. The van der Waals surface area contributed by atoms with Crippen LogP contribution in [0.1, 0.15) is 42.4 Å². The molecule has 0 saturated heterocycles. The van der Waals surface area contributed by atoms with Crippen molar-refractivity contribution in [3.05, 3.63) is 81.6 Å². The zero-order valence-electron chi connectivity index (χ0n) is 20.9. The predicted molar refractivity (Wildman–Crippen MR) is 142 cm³/mol. The van der Waals surface area contributed by atoms with Crippen molar-refractivity contribution in [2.75, 3.05) is 19.0 Å². The van der Waals surface area contributed by atoms with E-state index in [1.807, 2.05) is 0 Å². The van der Waals surface area contributed by atoms with Gasteiger partial charge in [-0.05, 0) is 43.7 Å². The number of amides is 1. The van der Waals surface area contributed by atoms with Gasteiger partial charge in [0.1, 0.15) is 17.4 Å². The van der Waals surface area contributed by atoms with Gasteiger partial charge >= 0.3 is 5.97 Å². The first-order chi connectivity index (χ1) is 18.3. The van der Waals surface area contributed by atoms with Gasteiger partial charge in [0.15, 0.2) is 5.69 Å². The van der Waals surface area contributed by atoms with Crippen molar-refractivity contribution in [1.82, 2.24) is 14.0 Å². The van der Waals surface area contributed by atoms with Crippen molar-refractivity contribution in [2.45, 2.75) is 26.3 Å². The van der Waals surface area contributed by atoms with Crippen LogP contribution in [0, 0.1) is 11.3 Å². The average molecular weight is 534 g/mol. The largest absolute Gasteiger partial charge is 0.495 e. The molecule has 1 atom stereocenters. The molecule has 194 valence electrons. The molecule has 0 fully saturated rings. The van der Waals surface area contributed by atoms with Gasteiger partial charge in [-0.3, -0.25) is 14.2 Å². The number of hydrogen-bond donors (Lipinski definition) is 1. The molecular weight excluding hydrogens is 510 g/mol. The molecule has 1 aromatic carbocycles. The van der Waals surface area contributed by atoms with Crippen molar-refractivity contribution in [2.24, 2.45) is 0 Å². The first-order valence-electron chi connectivity index (χ1n) is 11.8. The van der Waals surface area contributed by atoms with Crippen LogP contribution >= 0.6 is 11.6 Å². The van der Waals surface area contributed by atoms with E-state index in [1.165, 1.54) is 30.1 Å². The maximum absolute atomic E-state index is 13.3. The van der Waals surface area contributed by atoms with E-state index in [0.29, 0.717) is 45.2 Å². The van der Waals surface area contributed by atoms with Gasteiger partial charge in [0.05, 0.1) is 37.2 Å². The van der Waals surface area contributed by atoms with Crippen LogP contribution in [-0.2, 0) is 9.53 Å². The maximum atomic E-state index is 13.3. The quantitative estimate of drug-likeness (QED) is 0.331. The van der Waals surface area contributed by atoms with E-state index in [2.05, 4.69) is 16.4 Å². The topological polar surface area (TPSA) is 128 Å². The summed E-state index contributed by atoms with van der Waals surface area (Å²) < 4.78 is 13.4. The highest BCUT2D eigenvalue weighted by molar-refractivity contribution is 6.31. The minimum atomic E-state index is -0.853. The van der Waals surface area contributed by atoms with E-state index < -0.39 is 23.5 Å². The molecule has 1 unspecified atom stereocenters. The molecule has 1 N–H and O–H groups in total. The van der Waals surface area contributed by atoms with Crippen LogP contribution in [0.4, 0.5) is 5.69 Å². The number of methoxy groups -OCH3 is 1. The van der Waals surface area contributed by atoms with Crippen LogP contribution in [0.3, 0.4) is 0 Å². The second-order valence-corrected chi connectivity index (χ2v) is 8.68. The Labute approximate surface area is 223 Å². The van der Waals surface area contributed by atoms with Crippen LogP contribution in [0.2, 0.25) is 5.02 Å². The average Bonchev–Trinajstić information content (AvgIpc) is 3.33. The lowest BCUT2D eigenvalue weighted by molar-refractivity contribution is -0.119. The number of imidazole rings is 1. The van der Waals surface area contributed by atoms with Gasteiger partial charge in [0, 0.05) is 34.6 Å². The minimum Gasteiger partial charge on any atom is -0.495 e. The molecule has 10 nitrogen and oxygen atoms in total. The summed E-state index contributed by atoms with van der Waals surface area (Å²) in [6, 6.07) is 10.6. The Morgan fingerprint density at radius 2 is 1.92 bits per heavy atom. The zero-order chi connectivity index (χ0) is 27.4. The number of nitrogens with zero attached hydrogens (tertiary/aromatic N) is 4. The summed E-state index contributed by atoms with van der Waals surface area (Å²) in [6.45, 7) is 3.73. The first kappa shape index (κ1) is 26.4. The Balaban J connectivity index is 1.65. The van der Waals surface area contributed by atoms with Gasteiger partial charge in [-0.2, -0.15) is 5.26 Å². The molecule has 0 saturated carbocycles. The molecule has 3 aromatic heterocycles. The fourth-order valence-electron chi connectivity index (χ4n) is 4.09. The van der Waals surface area contributed by atoms with Gasteiger partial charge < -0.3 is 19.2 Å². The van der Waals surface area contributed by atoms with Crippen molar-refractivity contribution in [3.8, 4) is 22.9 Å². The Bertz CT molecular complexity index is 1640. The molecule has 0 aliphatic heterocycles. The second kappa shape index (κ2) is 11.2. The number of fused-ring (bicyclic) bond motifs is 1. The second-order valence-electron chi connectivity index (χ2n) is 8.25. The monoisotopic (exact) mass is 533 g/mol. The maximum Gasteiger partial charge on any atom is 0.358 e. The standard InChI is InChI=1S/C27H24ClN5O5/c1-4-22(26(35)30-18-8-9-24-31-21(14-32(24)13-18)27(36)38-5-2)33-15-23(37-3)20(11-25(33)34)19-10-17(28)7-6-16(19)12-29/h6-11,13-15,22H,4-5H2,1-3H3,(H,30,35). The number of pyridine rings is 2. The number of benzene rings is 1. The lowest BCUT2D eigenvalue weighted by Crippen LogP contribution is -2.32. The van der Waals surface area contributed by atoms with E-state index in [1.54, 1.807) is 54.8 Å². The summed E-state index contributed by atoms with van der Waals surface area (Å²) in [4.78, 5) is 42.6. The number of rotatable bonds is 8. The number of anilines is 1. The first-order valence-corrected chi connectivity index (χ1v) is 12.1. The number of hydrogen-bond acceptors (Lipinski definition) is 7. The van der Waals surface area contributed by atoms with Crippen LogP contribution in [0.25, 0.3) is 16.8 Å². The number of aromatic nitrogens is 3. The van der Waals surface area contributed by atoms with Crippen LogP contribution in [0.5, 0.6) is 5.75 Å². The fourth-order valence-corrected chi connectivity index (χ4v) is 4.26. The Morgan fingerprint density at radius 3 is 2.61 bits per heavy atom. The molecule has 0 radical (unpaired) electrons. The number of carbonyl (C=O) groups is 2. The molecule has 3 heterocycles. The van der Waals surface area contributed by atoms with Crippen molar-refractivity contribution in [3.63, 3.8) is 0 Å². The number of carbonyl (C=O) groups excluding carboxylic acids is 2. The van der Waals surface area contributed by atoms with E-state index in [0.717, 1.165) is 0 Å². The Hall–Kier alpha value is -4.62. The SMILES string of the molecule is CCOC(=O)c1cn2cc(NC(=O)C(CC)n3cc(OC)c(-c4cc(Cl)ccc4C#N)cc3=O)ccc2n1. The predicted octanol–water partition coefficient (Wildman–Crippen LogP) is 4.46. The van der Waals surface area contributed by atoms with Crippen molar-refractivity contribution in [1.29, 1.82) is 5.26 Å². The molecule has 0 aliphatic carbocycles. The molecule has 0 aliphatic rings. The Kier molecular flexibility index (Phi) is 7.79. The number of nitrogens with one attached hydrogen (secondary N) is 1. The van der Waals surface area contributed by atoms with Gasteiger partial charge in [0.2, 0.25) is 5.91 Å². The third-order valence-electron chi connectivity index (χ3n) is 5.88. The molecule has 11 heteroatoms. The number of halogens is 1. The summed E-state index contributed by atoms with van der Waals surface area (Å²) in [5, 5.41) is 12.7. The summed E-state index contributed by atoms with van der Waals surface area (Å²) in [7, 11) is 1.44. The van der Waals surface area contributed by atoms with Gasteiger partial charge in [-0.25, -0.2) is 9.78 Å². The molecule has 4 rings (SSSR count). The van der Waals surface area contributed by atoms with Crippen LogP contribution < -0.4 is 15.6 Å². The lowest BCUT2D eigenvalue weighted by Gasteiger charge is -2.20. The highest BCUT2D eigenvalue weighted by atomic mass is 35.5.